The van der Waals surface area contributed by atoms with Crippen LogP contribution in [0.4, 0.5) is 11.8 Å². The SMILES string of the molecule is CCCCCCCCNc1nc(NCC)ncc1Cl. The molecule has 0 bridgehead atoms. The maximum atomic E-state index is 6.06. The highest BCUT2D eigenvalue weighted by Gasteiger charge is 2.03. The van der Waals surface area contributed by atoms with Gasteiger partial charge in [0.15, 0.2) is 0 Å². The number of nitrogens with one attached hydrogen (secondary N) is 2. The Morgan fingerprint density at radius 1 is 1.05 bits per heavy atom. The molecule has 2 N–H and O–H groups in total. The number of nitrogens with zero attached hydrogens (tertiary/aromatic N) is 2. The predicted octanol–water partition coefficient (Wildman–Crippen LogP) is 4.33. The third kappa shape index (κ3) is 6.62. The second-order valence-electron chi connectivity index (χ2n) is 4.62. The summed E-state index contributed by atoms with van der Waals surface area (Å²) in [7, 11) is 0. The van der Waals surface area contributed by atoms with Gasteiger partial charge in [0.2, 0.25) is 5.95 Å². The standard InChI is InChI=1S/C14H25ClN4/c1-3-5-6-7-8-9-10-17-13-12(15)11-18-14(19-13)16-4-2/h11H,3-10H2,1-2H3,(H2,16,17,18,19). The maximum Gasteiger partial charge on any atom is 0.224 e. The molecule has 0 radical (unpaired) electrons. The van der Waals surface area contributed by atoms with E-state index < -0.39 is 0 Å². The van der Waals surface area contributed by atoms with Gasteiger partial charge in [-0.2, -0.15) is 4.98 Å². The molecule has 1 rings (SSSR count). The lowest BCUT2D eigenvalue weighted by molar-refractivity contribution is 0.617. The Balaban J connectivity index is 2.26. The molecule has 1 aromatic heterocycles. The molecular formula is C14H25ClN4. The first-order valence-electron chi connectivity index (χ1n) is 7.28. The summed E-state index contributed by atoms with van der Waals surface area (Å²) in [6, 6.07) is 0. The number of hydrogen-bond donors (Lipinski definition) is 2. The van der Waals surface area contributed by atoms with Crippen LogP contribution in [0, 0.1) is 0 Å². The number of rotatable bonds is 10. The van der Waals surface area contributed by atoms with Gasteiger partial charge in [-0.3, -0.25) is 0 Å². The van der Waals surface area contributed by atoms with Gasteiger partial charge in [-0.25, -0.2) is 4.98 Å². The molecule has 0 aliphatic heterocycles. The zero-order chi connectivity index (χ0) is 13.9. The molecule has 4 nitrogen and oxygen atoms in total. The second-order valence-corrected chi connectivity index (χ2v) is 5.02. The van der Waals surface area contributed by atoms with Gasteiger partial charge >= 0.3 is 0 Å². The van der Waals surface area contributed by atoms with Crippen LogP contribution in [0.5, 0.6) is 0 Å². The highest BCUT2D eigenvalue weighted by molar-refractivity contribution is 6.32. The average molecular weight is 285 g/mol. The van der Waals surface area contributed by atoms with Crippen LogP contribution in [0.15, 0.2) is 6.20 Å². The summed E-state index contributed by atoms with van der Waals surface area (Å²) in [5, 5.41) is 6.94. The number of hydrogen-bond acceptors (Lipinski definition) is 4. The largest absolute Gasteiger partial charge is 0.369 e. The van der Waals surface area contributed by atoms with Crippen molar-refractivity contribution >= 4 is 23.4 Å². The lowest BCUT2D eigenvalue weighted by Crippen LogP contribution is -2.08. The summed E-state index contributed by atoms with van der Waals surface area (Å²) < 4.78 is 0. The highest BCUT2D eigenvalue weighted by atomic mass is 35.5. The van der Waals surface area contributed by atoms with Crippen LogP contribution in [0.2, 0.25) is 5.02 Å². The molecule has 108 valence electrons. The Kier molecular flexibility index (Phi) is 8.30. The van der Waals surface area contributed by atoms with E-state index in [1.807, 2.05) is 6.92 Å². The van der Waals surface area contributed by atoms with Crippen LogP contribution in [0.3, 0.4) is 0 Å². The van der Waals surface area contributed by atoms with Gasteiger partial charge in [0, 0.05) is 13.1 Å². The fraction of sp³-hybridized carbons (Fsp3) is 0.714. The van der Waals surface area contributed by atoms with Crippen molar-refractivity contribution in [2.75, 3.05) is 23.7 Å². The first-order chi connectivity index (χ1) is 9.27. The summed E-state index contributed by atoms with van der Waals surface area (Å²) >= 11 is 6.06. The van der Waals surface area contributed by atoms with Crippen molar-refractivity contribution < 1.29 is 0 Å². The molecule has 0 aromatic carbocycles. The monoisotopic (exact) mass is 284 g/mol. The topological polar surface area (TPSA) is 49.8 Å². The van der Waals surface area contributed by atoms with Gasteiger partial charge in [0.25, 0.3) is 0 Å². The highest BCUT2D eigenvalue weighted by Crippen LogP contribution is 2.19. The predicted molar refractivity (Wildman–Crippen MR) is 83.1 cm³/mol. The molecule has 0 unspecified atom stereocenters. The van der Waals surface area contributed by atoms with Crippen molar-refractivity contribution in [3.05, 3.63) is 11.2 Å². The summed E-state index contributed by atoms with van der Waals surface area (Å²) in [5.41, 5.74) is 0. The molecule has 0 amide bonds. The molecule has 5 heteroatoms. The van der Waals surface area contributed by atoms with Crippen LogP contribution >= 0.6 is 11.6 Å². The van der Waals surface area contributed by atoms with E-state index in [9.17, 15) is 0 Å². The molecule has 1 heterocycles. The van der Waals surface area contributed by atoms with E-state index in [-0.39, 0.29) is 0 Å². The van der Waals surface area contributed by atoms with Crippen LogP contribution in [0.25, 0.3) is 0 Å². The van der Waals surface area contributed by atoms with Crippen molar-refractivity contribution in [2.45, 2.75) is 52.4 Å². The summed E-state index contributed by atoms with van der Waals surface area (Å²) in [4.78, 5) is 8.46. The summed E-state index contributed by atoms with van der Waals surface area (Å²) in [5.74, 6) is 1.35. The number of unbranched alkanes of at least 4 members (excludes halogenated alkanes) is 5. The van der Waals surface area contributed by atoms with E-state index in [0.29, 0.717) is 11.0 Å². The quantitative estimate of drug-likeness (QED) is 0.628. The van der Waals surface area contributed by atoms with Gasteiger partial charge in [0.1, 0.15) is 10.8 Å². The molecule has 0 atom stereocenters. The van der Waals surface area contributed by atoms with E-state index >= 15 is 0 Å². The van der Waals surface area contributed by atoms with E-state index in [0.717, 1.165) is 25.3 Å². The molecule has 1 aromatic rings. The summed E-state index contributed by atoms with van der Waals surface area (Å²) in [6.07, 6.45) is 9.34. The number of anilines is 2. The third-order valence-corrected chi connectivity index (χ3v) is 3.18. The smallest absolute Gasteiger partial charge is 0.224 e. The van der Waals surface area contributed by atoms with Gasteiger partial charge in [-0.05, 0) is 13.3 Å². The Hall–Kier alpha value is -1.03. The molecule has 0 aliphatic carbocycles. The Labute approximate surface area is 121 Å². The van der Waals surface area contributed by atoms with Crippen molar-refractivity contribution in [3.8, 4) is 0 Å². The molecular weight excluding hydrogens is 260 g/mol. The minimum atomic E-state index is 0.577. The Morgan fingerprint density at radius 2 is 1.79 bits per heavy atom. The van der Waals surface area contributed by atoms with Crippen LogP contribution in [-0.2, 0) is 0 Å². The molecule has 0 saturated carbocycles. The number of aromatic nitrogens is 2. The fourth-order valence-electron chi connectivity index (χ4n) is 1.85. The molecule has 19 heavy (non-hydrogen) atoms. The van der Waals surface area contributed by atoms with Crippen molar-refractivity contribution in [1.29, 1.82) is 0 Å². The van der Waals surface area contributed by atoms with Gasteiger partial charge in [-0.15, -0.1) is 0 Å². The lowest BCUT2D eigenvalue weighted by Gasteiger charge is -2.09. The van der Waals surface area contributed by atoms with E-state index in [1.54, 1.807) is 6.20 Å². The minimum Gasteiger partial charge on any atom is -0.369 e. The lowest BCUT2D eigenvalue weighted by atomic mass is 10.1. The number of halogens is 1. The van der Waals surface area contributed by atoms with Crippen LogP contribution in [0.1, 0.15) is 52.4 Å². The van der Waals surface area contributed by atoms with Crippen molar-refractivity contribution in [2.24, 2.45) is 0 Å². The molecule has 0 fully saturated rings. The van der Waals surface area contributed by atoms with Crippen LogP contribution < -0.4 is 10.6 Å². The third-order valence-electron chi connectivity index (χ3n) is 2.90. The first-order valence-corrected chi connectivity index (χ1v) is 7.66. The summed E-state index contributed by atoms with van der Waals surface area (Å²) in [6.45, 7) is 5.97. The second kappa shape index (κ2) is 9.84. The normalized spacial score (nSPS) is 10.5. The van der Waals surface area contributed by atoms with E-state index in [1.165, 1.54) is 32.1 Å². The Morgan fingerprint density at radius 3 is 2.53 bits per heavy atom. The van der Waals surface area contributed by atoms with Crippen molar-refractivity contribution in [3.63, 3.8) is 0 Å². The fourth-order valence-corrected chi connectivity index (χ4v) is 2.00. The zero-order valence-electron chi connectivity index (χ0n) is 12.0. The minimum absolute atomic E-state index is 0.577. The van der Waals surface area contributed by atoms with Gasteiger partial charge < -0.3 is 10.6 Å². The molecule has 0 aliphatic rings. The van der Waals surface area contributed by atoms with Crippen LogP contribution in [-0.4, -0.2) is 23.1 Å². The maximum absolute atomic E-state index is 6.06. The Bertz CT molecular complexity index is 357. The first kappa shape index (κ1) is 16.0. The van der Waals surface area contributed by atoms with Gasteiger partial charge in [-0.1, -0.05) is 50.6 Å². The van der Waals surface area contributed by atoms with Crippen molar-refractivity contribution in [1.82, 2.24) is 9.97 Å². The molecule has 0 spiro atoms. The molecule has 0 saturated heterocycles. The van der Waals surface area contributed by atoms with E-state index in [4.69, 9.17) is 11.6 Å². The van der Waals surface area contributed by atoms with E-state index in [2.05, 4.69) is 27.5 Å². The average Bonchev–Trinajstić information content (AvgIpc) is 2.41. The zero-order valence-corrected chi connectivity index (χ0v) is 12.8. The van der Waals surface area contributed by atoms with Gasteiger partial charge in [0.05, 0.1) is 6.20 Å².